The molecule has 0 heterocycles. The molecule has 0 bridgehead atoms. The Balaban J connectivity index is 2.42. The van der Waals surface area contributed by atoms with Crippen molar-refractivity contribution in [3.05, 3.63) is 53.1 Å². The maximum atomic E-state index is 13.6. The van der Waals surface area contributed by atoms with Gasteiger partial charge in [-0.1, -0.05) is 23.7 Å². The molecule has 0 spiro atoms. The first-order valence-electron chi connectivity index (χ1n) is 11.2. The average molecular weight is 540 g/mol. The third-order valence-corrected chi connectivity index (χ3v) is 6.72. The number of ether oxygens (including phenoxy) is 2. The Hall–Kier alpha value is -2.98. The molecule has 0 aromatic heterocycles. The smallest absolute Gasteiger partial charge is 0.244 e. The van der Waals surface area contributed by atoms with Gasteiger partial charge in [-0.15, -0.1) is 0 Å². The fourth-order valence-corrected chi connectivity index (χ4v) is 4.50. The summed E-state index contributed by atoms with van der Waals surface area (Å²) in [6, 6.07) is 10.6. The van der Waals surface area contributed by atoms with Crippen LogP contribution < -0.4 is 19.1 Å². The van der Waals surface area contributed by atoms with Crippen LogP contribution in [-0.2, 0) is 26.2 Å². The van der Waals surface area contributed by atoms with Gasteiger partial charge in [0.1, 0.15) is 24.1 Å². The third-order valence-electron chi connectivity index (χ3n) is 5.28. The van der Waals surface area contributed by atoms with E-state index < -0.39 is 34.1 Å². The molecule has 1 N–H and O–H groups in total. The van der Waals surface area contributed by atoms with E-state index in [0.717, 1.165) is 16.1 Å². The molecule has 2 amide bonds. The Kier molecular flexibility index (Phi) is 9.62. The summed E-state index contributed by atoms with van der Waals surface area (Å²) in [5.74, 6) is 0.103. The van der Waals surface area contributed by atoms with Crippen LogP contribution in [0.25, 0.3) is 0 Å². The van der Waals surface area contributed by atoms with Gasteiger partial charge in [0.15, 0.2) is 0 Å². The number of nitrogens with one attached hydrogen (secondary N) is 1. The zero-order valence-corrected chi connectivity index (χ0v) is 23.2. The number of methoxy groups -OCH3 is 2. The molecule has 0 unspecified atom stereocenters. The minimum absolute atomic E-state index is 0.0858. The number of nitrogens with zero attached hydrogens (tertiary/aromatic N) is 2. The van der Waals surface area contributed by atoms with Crippen LogP contribution in [0.5, 0.6) is 11.5 Å². The predicted molar refractivity (Wildman–Crippen MR) is 141 cm³/mol. The molecule has 198 valence electrons. The lowest BCUT2D eigenvalue weighted by atomic mass is 10.1. The maximum Gasteiger partial charge on any atom is 0.244 e. The molecule has 0 radical (unpaired) electrons. The number of carbonyl (C=O) groups excluding carboxylic acids is 2. The second-order valence-electron chi connectivity index (χ2n) is 9.37. The van der Waals surface area contributed by atoms with Crippen LogP contribution >= 0.6 is 11.6 Å². The standard InChI is InChI=1S/C25H34ClN3O6S/c1-17(24(31)27-25(2,3)4)28(15-18-8-11-20(34-5)12-9-18)23(30)16-29(36(7,32)33)19-10-13-22(35-6)21(26)14-19/h8-14,17H,15-16H2,1-7H3,(H,27,31)/t17-/m1/s1. The van der Waals surface area contributed by atoms with E-state index in [1.807, 2.05) is 20.8 Å². The van der Waals surface area contributed by atoms with Gasteiger partial charge in [0.2, 0.25) is 21.8 Å². The summed E-state index contributed by atoms with van der Waals surface area (Å²) in [5.41, 5.74) is 0.435. The number of sulfonamides is 1. The molecule has 0 aliphatic carbocycles. The molecule has 1 atom stereocenters. The normalized spacial score (nSPS) is 12.4. The third kappa shape index (κ3) is 8.03. The highest BCUT2D eigenvalue weighted by atomic mass is 35.5. The number of rotatable bonds is 10. The summed E-state index contributed by atoms with van der Waals surface area (Å²) in [7, 11) is -0.875. The van der Waals surface area contributed by atoms with Crippen molar-refractivity contribution >= 4 is 39.1 Å². The SMILES string of the molecule is COc1ccc(CN(C(=O)CN(c2ccc(OC)c(Cl)c2)S(C)(=O)=O)[C@H](C)C(=O)NC(C)(C)C)cc1. The largest absolute Gasteiger partial charge is 0.497 e. The van der Waals surface area contributed by atoms with Crippen molar-refractivity contribution in [3.63, 3.8) is 0 Å². The molecule has 2 aromatic rings. The maximum absolute atomic E-state index is 13.6. The van der Waals surface area contributed by atoms with Gasteiger partial charge in [0, 0.05) is 12.1 Å². The highest BCUT2D eigenvalue weighted by Gasteiger charge is 2.31. The second-order valence-corrected chi connectivity index (χ2v) is 11.7. The first-order valence-corrected chi connectivity index (χ1v) is 13.4. The number of hydrogen-bond donors (Lipinski definition) is 1. The quantitative estimate of drug-likeness (QED) is 0.496. The molecule has 0 saturated heterocycles. The van der Waals surface area contributed by atoms with Gasteiger partial charge >= 0.3 is 0 Å². The van der Waals surface area contributed by atoms with E-state index in [1.54, 1.807) is 38.3 Å². The first kappa shape index (κ1) is 29.3. The van der Waals surface area contributed by atoms with Crippen molar-refractivity contribution in [1.82, 2.24) is 10.2 Å². The number of amides is 2. The first-order chi connectivity index (χ1) is 16.7. The fraction of sp³-hybridized carbons (Fsp3) is 0.440. The van der Waals surface area contributed by atoms with Gasteiger partial charge in [-0.05, 0) is 63.6 Å². The van der Waals surface area contributed by atoms with Gasteiger partial charge in [-0.25, -0.2) is 8.42 Å². The zero-order valence-electron chi connectivity index (χ0n) is 21.7. The summed E-state index contributed by atoms with van der Waals surface area (Å²) in [6.07, 6.45) is 1.00. The molecule has 0 saturated carbocycles. The fourth-order valence-electron chi connectivity index (χ4n) is 3.41. The van der Waals surface area contributed by atoms with E-state index in [9.17, 15) is 18.0 Å². The van der Waals surface area contributed by atoms with Crippen LogP contribution in [0.15, 0.2) is 42.5 Å². The van der Waals surface area contributed by atoms with Gasteiger partial charge in [-0.3, -0.25) is 13.9 Å². The lowest BCUT2D eigenvalue weighted by molar-refractivity contribution is -0.140. The van der Waals surface area contributed by atoms with E-state index in [0.29, 0.717) is 11.5 Å². The molecule has 2 aromatic carbocycles. The summed E-state index contributed by atoms with van der Waals surface area (Å²) in [4.78, 5) is 27.9. The summed E-state index contributed by atoms with van der Waals surface area (Å²) >= 11 is 6.20. The van der Waals surface area contributed by atoms with Crippen molar-refractivity contribution in [3.8, 4) is 11.5 Å². The highest BCUT2D eigenvalue weighted by Crippen LogP contribution is 2.30. The van der Waals surface area contributed by atoms with E-state index in [4.69, 9.17) is 21.1 Å². The van der Waals surface area contributed by atoms with E-state index in [1.165, 1.54) is 30.2 Å². The minimum atomic E-state index is -3.87. The molecule has 0 aliphatic heterocycles. The summed E-state index contributed by atoms with van der Waals surface area (Å²) in [6.45, 7) is 6.69. The van der Waals surface area contributed by atoms with Crippen LogP contribution in [0.2, 0.25) is 5.02 Å². The van der Waals surface area contributed by atoms with Gasteiger partial charge in [-0.2, -0.15) is 0 Å². The van der Waals surface area contributed by atoms with E-state index in [2.05, 4.69) is 5.32 Å². The number of halogens is 1. The lowest BCUT2D eigenvalue weighted by Gasteiger charge is -2.33. The van der Waals surface area contributed by atoms with Crippen molar-refractivity contribution in [1.29, 1.82) is 0 Å². The van der Waals surface area contributed by atoms with Gasteiger partial charge in [0.25, 0.3) is 0 Å². The highest BCUT2D eigenvalue weighted by molar-refractivity contribution is 7.92. The topological polar surface area (TPSA) is 105 Å². The molecule has 11 heteroatoms. The molecular weight excluding hydrogens is 506 g/mol. The molecule has 0 aliphatic rings. The Morgan fingerprint density at radius 2 is 1.67 bits per heavy atom. The Morgan fingerprint density at radius 1 is 1.06 bits per heavy atom. The van der Waals surface area contributed by atoms with Crippen LogP contribution in [0.1, 0.15) is 33.3 Å². The van der Waals surface area contributed by atoms with Crippen LogP contribution in [0.4, 0.5) is 5.69 Å². The summed E-state index contributed by atoms with van der Waals surface area (Å²) in [5, 5.41) is 3.08. The van der Waals surface area contributed by atoms with Gasteiger partial charge in [0.05, 0.1) is 31.2 Å². The molecular formula is C25H34ClN3O6S. The molecule has 0 fully saturated rings. The second kappa shape index (κ2) is 11.8. The van der Waals surface area contributed by atoms with Crippen molar-refractivity contribution in [2.75, 3.05) is 31.3 Å². The Bertz CT molecular complexity index is 1180. The average Bonchev–Trinajstić information content (AvgIpc) is 2.78. The van der Waals surface area contributed by atoms with E-state index >= 15 is 0 Å². The lowest BCUT2D eigenvalue weighted by Crippen LogP contribution is -2.54. The van der Waals surface area contributed by atoms with Gasteiger partial charge < -0.3 is 19.7 Å². The minimum Gasteiger partial charge on any atom is -0.497 e. The number of anilines is 1. The van der Waals surface area contributed by atoms with Crippen LogP contribution in [0, 0.1) is 0 Å². The Morgan fingerprint density at radius 3 is 2.14 bits per heavy atom. The van der Waals surface area contributed by atoms with Crippen LogP contribution in [0.3, 0.4) is 0 Å². The van der Waals surface area contributed by atoms with Crippen molar-refractivity contribution in [2.45, 2.75) is 45.8 Å². The van der Waals surface area contributed by atoms with Crippen molar-refractivity contribution in [2.24, 2.45) is 0 Å². The molecule has 2 rings (SSSR count). The van der Waals surface area contributed by atoms with E-state index in [-0.39, 0.29) is 23.2 Å². The van der Waals surface area contributed by atoms with Crippen molar-refractivity contribution < 1.29 is 27.5 Å². The molecule has 36 heavy (non-hydrogen) atoms. The molecule has 9 nitrogen and oxygen atoms in total. The monoisotopic (exact) mass is 539 g/mol. The number of carbonyl (C=O) groups is 2. The number of benzene rings is 2. The predicted octanol–water partition coefficient (Wildman–Crippen LogP) is 3.46. The van der Waals surface area contributed by atoms with Crippen LogP contribution in [-0.4, -0.2) is 63.7 Å². The Labute approximate surface area is 218 Å². The number of hydrogen-bond acceptors (Lipinski definition) is 6. The zero-order chi connectivity index (χ0) is 27.3. The summed E-state index contributed by atoms with van der Waals surface area (Å²) < 4.78 is 36.6.